The van der Waals surface area contributed by atoms with E-state index in [2.05, 4.69) is 34.4 Å². The van der Waals surface area contributed by atoms with Crippen LogP contribution in [0.1, 0.15) is 175 Å². The number of aliphatic carboxylic acids is 1. The van der Waals surface area contributed by atoms with E-state index >= 15 is 0 Å². The van der Waals surface area contributed by atoms with E-state index in [9.17, 15) is 4.79 Å². The Morgan fingerprint density at radius 2 is 0.921 bits per heavy atom. The second-order valence-electron chi connectivity index (χ2n) is 11.7. The van der Waals surface area contributed by atoms with Gasteiger partial charge < -0.3 is 22.0 Å². The summed E-state index contributed by atoms with van der Waals surface area (Å²) in [5.74, 6) is -0.651. The number of hydrogen-bond donors (Lipinski definition) is 1. The summed E-state index contributed by atoms with van der Waals surface area (Å²) < 4.78 is 1.16. The van der Waals surface area contributed by atoms with Crippen LogP contribution in [0.4, 0.5) is 0 Å². The topological polar surface area (TPSA) is 37.3 Å². The molecule has 1 unspecified atom stereocenters. The van der Waals surface area contributed by atoms with Gasteiger partial charge in [0, 0.05) is 6.42 Å². The van der Waals surface area contributed by atoms with Gasteiger partial charge in [-0.1, -0.05) is 149 Å². The molecular formula is C34H70ClNO2. The highest BCUT2D eigenvalue weighted by molar-refractivity contribution is 5.66. The van der Waals surface area contributed by atoms with Crippen molar-refractivity contribution in [3.05, 3.63) is 12.7 Å². The van der Waals surface area contributed by atoms with Gasteiger partial charge in [0.25, 0.3) is 0 Å². The Morgan fingerprint density at radius 3 is 1.21 bits per heavy atom. The molecule has 0 amide bonds. The van der Waals surface area contributed by atoms with Crippen molar-refractivity contribution in [2.75, 3.05) is 26.7 Å². The van der Waals surface area contributed by atoms with Crippen LogP contribution >= 0.6 is 0 Å². The van der Waals surface area contributed by atoms with Gasteiger partial charge in [-0.15, -0.1) is 0 Å². The first-order valence-corrected chi connectivity index (χ1v) is 16.6. The normalized spacial score (nSPS) is 12.2. The average Bonchev–Trinajstić information content (AvgIpc) is 2.88. The summed E-state index contributed by atoms with van der Waals surface area (Å²) in [6.45, 7) is 14.3. The Balaban J connectivity index is -0.000000743. The number of carbonyl (C=O) groups is 1. The molecule has 0 bridgehead atoms. The summed E-state index contributed by atoms with van der Waals surface area (Å²) in [7, 11) is 2.33. The van der Waals surface area contributed by atoms with E-state index in [1.807, 2.05) is 6.08 Å². The van der Waals surface area contributed by atoms with Crippen LogP contribution in [0.25, 0.3) is 0 Å². The lowest BCUT2D eigenvalue weighted by Gasteiger charge is -2.32. The van der Waals surface area contributed by atoms with E-state index in [1.54, 1.807) is 0 Å². The largest absolute Gasteiger partial charge is 1.00 e. The molecule has 0 spiro atoms. The molecule has 0 aromatic rings. The van der Waals surface area contributed by atoms with Crippen molar-refractivity contribution in [1.29, 1.82) is 0 Å². The van der Waals surface area contributed by atoms with E-state index in [1.165, 1.54) is 148 Å². The van der Waals surface area contributed by atoms with E-state index in [4.69, 9.17) is 5.11 Å². The zero-order chi connectivity index (χ0) is 27.9. The Bertz CT molecular complexity index is 471. The van der Waals surface area contributed by atoms with Gasteiger partial charge in [-0.25, -0.2) is 0 Å². The number of rotatable bonds is 28. The minimum absolute atomic E-state index is 0. The van der Waals surface area contributed by atoms with Crippen LogP contribution < -0.4 is 12.4 Å². The number of carboxylic acid groups (broad SMARTS) is 1. The predicted octanol–water partition coefficient (Wildman–Crippen LogP) is 8.12. The van der Waals surface area contributed by atoms with Crippen molar-refractivity contribution in [3.63, 3.8) is 0 Å². The molecule has 0 aliphatic rings. The lowest BCUT2D eigenvalue weighted by Crippen LogP contribution is -3.00. The van der Waals surface area contributed by atoms with Gasteiger partial charge in [-0.2, -0.15) is 0 Å². The zero-order valence-electron chi connectivity index (χ0n) is 26.6. The fraction of sp³-hybridized carbons (Fsp3) is 0.912. The minimum atomic E-state index is -0.651. The molecule has 230 valence electrons. The Morgan fingerprint density at radius 1 is 0.605 bits per heavy atom. The molecule has 1 atom stereocenters. The Kier molecular flexibility index (Phi) is 38.1. The number of nitrogens with zero attached hydrogens (tertiary/aromatic N) is 1. The molecule has 0 aromatic carbocycles. The van der Waals surface area contributed by atoms with Gasteiger partial charge in [0.05, 0.1) is 26.7 Å². The first kappa shape index (κ1) is 41.9. The number of halogens is 1. The van der Waals surface area contributed by atoms with Crippen LogP contribution in [-0.2, 0) is 4.79 Å². The molecule has 0 saturated heterocycles. The van der Waals surface area contributed by atoms with Crippen molar-refractivity contribution in [1.82, 2.24) is 0 Å². The Hall–Kier alpha value is -0.540. The molecule has 1 N–H and O–H groups in total. The first-order chi connectivity index (χ1) is 18.0. The first-order valence-electron chi connectivity index (χ1n) is 16.6. The molecule has 0 aliphatic heterocycles. The third-order valence-corrected chi connectivity index (χ3v) is 7.88. The monoisotopic (exact) mass is 560 g/mol. The van der Waals surface area contributed by atoms with Crippen LogP contribution in [0.5, 0.6) is 0 Å². The summed E-state index contributed by atoms with van der Waals surface area (Å²) in [6, 6.07) is 0. The van der Waals surface area contributed by atoms with Crippen LogP contribution in [0.3, 0.4) is 0 Å². The summed E-state index contributed by atoms with van der Waals surface area (Å²) in [5, 5.41) is 8.56. The van der Waals surface area contributed by atoms with Gasteiger partial charge in [-0.3, -0.25) is 4.79 Å². The minimum Gasteiger partial charge on any atom is -1.00 e. The lowest BCUT2D eigenvalue weighted by molar-refractivity contribution is -0.902. The number of likely N-dealkylation sites (N-methyl/N-ethyl adjacent to an activating group) is 1. The second-order valence-corrected chi connectivity index (χ2v) is 11.7. The van der Waals surface area contributed by atoms with E-state index < -0.39 is 5.97 Å². The van der Waals surface area contributed by atoms with Gasteiger partial charge in [0.15, 0.2) is 0 Å². The molecule has 0 radical (unpaired) electrons. The zero-order valence-corrected chi connectivity index (χ0v) is 27.3. The molecule has 0 aliphatic carbocycles. The van der Waals surface area contributed by atoms with Crippen LogP contribution in [0, 0.1) is 0 Å². The Labute approximate surface area is 246 Å². The van der Waals surface area contributed by atoms with Crippen molar-refractivity contribution in [3.8, 4) is 0 Å². The fourth-order valence-electron chi connectivity index (χ4n) is 4.97. The van der Waals surface area contributed by atoms with Gasteiger partial charge in [0.1, 0.15) is 0 Å². The van der Waals surface area contributed by atoms with Gasteiger partial charge in [-0.05, 0) is 32.3 Å². The lowest BCUT2D eigenvalue weighted by atomic mass is 10.0. The molecule has 0 rings (SSSR count). The number of unbranched alkanes of at least 4 members (excludes halogenated alkanes) is 21. The fourth-order valence-corrected chi connectivity index (χ4v) is 4.97. The highest BCUT2D eigenvalue weighted by atomic mass is 35.5. The standard InChI is InChI=1S/C22H44O2.C12H26N.ClH/c1-2-3-4-5-6-7-8-9-10-11-12-13-14-15-16-17-18-19-20-21-22(23)24;1-5-8-9-10-12-13(4,7-3)11-6-2;/h2-21H2,1H3,(H,23,24);6H,2,5,7-12H2,1,3-4H3;1H/q;+1;/p-1. The third kappa shape index (κ3) is 35.5. The predicted molar refractivity (Wildman–Crippen MR) is 166 cm³/mol. The van der Waals surface area contributed by atoms with E-state index in [0.717, 1.165) is 23.9 Å². The van der Waals surface area contributed by atoms with Crippen LogP contribution in [0.15, 0.2) is 12.7 Å². The van der Waals surface area contributed by atoms with Crippen LogP contribution in [-0.4, -0.2) is 42.2 Å². The van der Waals surface area contributed by atoms with E-state index in [-0.39, 0.29) is 12.4 Å². The molecular weight excluding hydrogens is 490 g/mol. The smallest absolute Gasteiger partial charge is 0.303 e. The highest BCUT2D eigenvalue weighted by Gasteiger charge is 2.15. The molecule has 4 heteroatoms. The molecule has 0 fully saturated rings. The maximum atomic E-state index is 10.4. The van der Waals surface area contributed by atoms with Gasteiger partial charge >= 0.3 is 5.97 Å². The summed E-state index contributed by atoms with van der Waals surface area (Å²) in [6.07, 6.45) is 33.6. The average molecular weight is 560 g/mol. The quantitative estimate of drug-likeness (QED) is 0.0597. The summed E-state index contributed by atoms with van der Waals surface area (Å²) >= 11 is 0. The third-order valence-electron chi connectivity index (χ3n) is 7.88. The SMILES string of the molecule is C=CC[N+](C)(CC)CCCCCC.CCCCCCCCCCCCCCCCCCCCCC(=O)O.[Cl-]. The van der Waals surface area contributed by atoms with Crippen molar-refractivity contribution in [2.45, 2.75) is 175 Å². The number of quaternary nitrogens is 1. The second kappa shape index (κ2) is 34.5. The maximum absolute atomic E-state index is 10.4. The molecule has 0 aromatic heterocycles. The van der Waals surface area contributed by atoms with E-state index in [0.29, 0.717) is 6.42 Å². The van der Waals surface area contributed by atoms with Gasteiger partial charge in [0.2, 0.25) is 0 Å². The molecule has 3 nitrogen and oxygen atoms in total. The van der Waals surface area contributed by atoms with Crippen molar-refractivity contribution < 1.29 is 26.8 Å². The van der Waals surface area contributed by atoms with Crippen molar-refractivity contribution >= 4 is 5.97 Å². The highest BCUT2D eigenvalue weighted by Crippen LogP contribution is 2.15. The number of carboxylic acids is 1. The van der Waals surface area contributed by atoms with Crippen molar-refractivity contribution in [2.24, 2.45) is 0 Å². The van der Waals surface area contributed by atoms with Crippen LogP contribution in [0.2, 0.25) is 0 Å². The summed E-state index contributed by atoms with van der Waals surface area (Å²) in [4.78, 5) is 10.4. The summed E-state index contributed by atoms with van der Waals surface area (Å²) in [5.41, 5.74) is 0. The maximum Gasteiger partial charge on any atom is 0.303 e. The molecule has 38 heavy (non-hydrogen) atoms. The molecule has 0 heterocycles. The number of hydrogen-bond acceptors (Lipinski definition) is 1. The molecule has 0 saturated carbocycles.